The summed E-state index contributed by atoms with van der Waals surface area (Å²) in [6.45, 7) is 5.13. The molecule has 1 aliphatic heterocycles. The summed E-state index contributed by atoms with van der Waals surface area (Å²) in [6.07, 6.45) is 4.65. The Morgan fingerprint density at radius 3 is 2.36 bits per heavy atom. The number of hydrogen-bond acceptors (Lipinski definition) is 6. The van der Waals surface area contributed by atoms with E-state index in [-0.39, 0.29) is 5.82 Å². The summed E-state index contributed by atoms with van der Waals surface area (Å²) in [6, 6.07) is 32.2. The number of nitrogens with one attached hydrogen (secondary N) is 1. The topological polar surface area (TPSA) is 82.7 Å². The van der Waals surface area contributed by atoms with Gasteiger partial charge in [0, 0.05) is 55.6 Å². The van der Waals surface area contributed by atoms with E-state index in [4.69, 9.17) is 10.2 Å². The van der Waals surface area contributed by atoms with Crippen LogP contribution in [-0.2, 0) is 20.0 Å². The maximum Gasteiger partial charge on any atom is 0.234 e. The molecule has 1 aliphatic rings. The van der Waals surface area contributed by atoms with Gasteiger partial charge in [0.15, 0.2) is 0 Å². The fourth-order valence-electron chi connectivity index (χ4n) is 5.88. The molecule has 0 unspecified atom stereocenters. The summed E-state index contributed by atoms with van der Waals surface area (Å²) in [7, 11) is 2.13. The number of nitrogens with zero attached hydrogens (tertiary/aromatic N) is 6. The van der Waals surface area contributed by atoms with Gasteiger partial charge in [0.25, 0.3) is 0 Å². The van der Waals surface area contributed by atoms with Crippen LogP contribution in [0.5, 0.6) is 0 Å². The number of anilines is 1. The zero-order chi connectivity index (χ0) is 28.9. The molecule has 0 amide bonds. The van der Waals surface area contributed by atoms with Gasteiger partial charge < -0.3 is 9.88 Å². The molecular weight excluding hydrogens is 518 g/mol. The van der Waals surface area contributed by atoms with Gasteiger partial charge in [0.05, 0.1) is 11.4 Å². The highest BCUT2D eigenvalue weighted by atomic mass is 15.1. The average Bonchev–Trinajstić information content (AvgIpc) is 3.39. The normalized spacial score (nSPS) is 14.0. The number of benzene rings is 3. The van der Waals surface area contributed by atoms with Gasteiger partial charge >= 0.3 is 0 Å². The third-order valence-corrected chi connectivity index (χ3v) is 8.11. The minimum Gasteiger partial charge on any atom is -0.367 e. The molecule has 3 aromatic carbocycles. The highest BCUT2D eigenvalue weighted by molar-refractivity contribution is 5.82. The standard InChI is InChI=1S/C35H35N7/c1-3-26-9-7-8-12-30(26)35-40-33(34(41(35)2)28-10-5-4-6-11-28)27-15-13-25(14-16-27)24-42-21-18-29(19-22-42)38-31-17-20-37-32(23-36)39-31/h4-17,20,29H,3,18-19,21-22,24H2,1-2H3,(H,37,38,39). The van der Waals surface area contributed by atoms with Crippen molar-refractivity contribution >= 4 is 5.82 Å². The second-order valence-corrected chi connectivity index (χ2v) is 10.8. The van der Waals surface area contributed by atoms with Crippen molar-refractivity contribution in [1.29, 1.82) is 5.26 Å². The molecule has 5 aromatic rings. The summed E-state index contributed by atoms with van der Waals surface area (Å²) < 4.78 is 2.24. The molecule has 3 heterocycles. The lowest BCUT2D eigenvalue weighted by Crippen LogP contribution is -2.38. The average molecular weight is 554 g/mol. The zero-order valence-electron chi connectivity index (χ0n) is 24.2. The van der Waals surface area contributed by atoms with Crippen LogP contribution < -0.4 is 5.32 Å². The van der Waals surface area contributed by atoms with Crippen molar-refractivity contribution in [3.8, 4) is 40.0 Å². The van der Waals surface area contributed by atoms with Crippen LogP contribution in [0.1, 0.15) is 36.7 Å². The Hall–Kier alpha value is -4.80. The van der Waals surface area contributed by atoms with E-state index in [2.05, 4.69) is 118 Å². The Balaban J connectivity index is 1.19. The first-order chi connectivity index (χ1) is 20.6. The van der Waals surface area contributed by atoms with Crippen molar-refractivity contribution in [2.75, 3.05) is 18.4 Å². The van der Waals surface area contributed by atoms with Gasteiger partial charge in [0.2, 0.25) is 5.82 Å². The number of aryl methyl sites for hydroxylation is 1. The monoisotopic (exact) mass is 553 g/mol. The predicted molar refractivity (Wildman–Crippen MR) is 168 cm³/mol. The molecule has 0 saturated carbocycles. The van der Waals surface area contributed by atoms with Gasteiger partial charge in [-0.05, 0) is 36.5 Å². The molecule has 0 spiro atoms. The molecule has 6 rings (SSSR count). The van der Waals surface area contributed by atoms with Crippen molar-refractivity contribution in [3.63, 3.8) is 0 Å². The van der Waals surface area contributed by atoms with Crippen LogP contribution in [0.2, 0.25) is 0 Å². The van der Waals surface area contributed by atoms with Crippen molar-refractivity contribution < 1.29 is 0 Å². The number of nitriles is 1. The number of piperidine rings is 1. The molecule has 0 radical (unpaired) electrons. The van der Waals surface area contributed by atoms with E-state index in [1.54, 1.807) is 6.20 Å². The molecule has 7 heteroatoms. The zero-order valence-corrected chi connectivity index (χ0v) is 24.2. The lowest BCUT2D eigenvalue weighted by Gasteiger charge is -2.32. The fraction of sp³-hybridized carbons (Fsp3) is 0.257. The molecule has 1 saturated heterocycles. The van der Waals surface area contributed by atoms with Crippen molar-refractivity contribution in [2.45, 2.75) is 38.8 Å². The number of rotatable bonds is 8. The quantitative estimate of drug-likeness (QED) is 0.230. The smallest absolute Gasteiger partial charge is 0.234 e. The molecule has 42 heavy (non-hydrogen) atoms. The second-order valence-electron chi connectivity index (χ2n) is 10.8. The second kappa shape index (κ2) is 12.4. The summed E-state index contributed by atoms with van der Waals surface area (Å²) >= 11 is 0. The van der Waals surface area contributed by atoms with Crippen molar-refractivity contribution in [3.05, 3.63) is 108 Å². The molecule has 0 aliphatic carbocycles. The Morgan fingerprint density at radius 1 is 0.881 bits per heavy atom. The van der Waals surface area contributed by atoms with Crippen molar-refractivity contribution in [1.82, 2.24) is 24.4 Å². The first-order valence-corrected chi connectivity index (χ1v) is 14.6. The van der Waals surface area contributed by atoms with Crippen LogP contribution in [0, 0.1) is 11.3 Å². The number of imidazole rings is 1. The summed E-state index contributed by atoms with van der Waals surface area (Å²) in [5.41, 5.74) is 8.21. The van der Waals surface area contributed by atoms with Gasteiger partial charge in [-0.3, -0.25) is 4.90 Å². The number of likely N-dealkylation sites (tertiary alicyclic amines) is 1. The van der Waals surface area contributed by atoms with Crippen molar-refractivity contribution in [2.24, 2.45) is 7.05 Å². The van der Waals surface area contributed by atoms with E-state index < -0.39 is 0 Å². The van der Waals surface area contributed by atoms with Gasteiger partial charge in [-0.15, -0.1) is 0 Å². The van der Waals surface area contributed by atoms with Crippen LogP contribution in [0.15, 0.2) is 91.1 Å². The fourth-order valence-corrected chi connectivity index (χ4v) is 5.88. The van der Waals surface area contributed by atoms with Gasteiger partial charge in [-0.2, -0.15) is 5.26 Å². The lowest BCUT2D eigenvalue weighted by atomic mass is 10.0. The van der Waals surface area contributed by atoms with Gasteiger partial charge in [-0.25, -0.2) is 15.0 Å². The molecule has 1 fully saturated rings. The van der Waals surface area contributed by atoms with E-state index in [9.17, 15) is 0 Å². The number of hydrogen-bond donors (Lipinski definition) is 1. The molecule has 210 valence electrons. The molecule has 2 aromatic heterocycles. The van der Waals surface area contributed by atoms with Crippen LogP contribution >= 0.6 is 0 Å². The molecule has 0 atom stereocenters. The lowest BCUT2D eigenvalue weighted by molar-refractivity contribution is 0.211. The Bertz CT molecular complexity index is 1690. The van der Waals surface area contributed by atoms with Crippen LogP contribution in [0.25, 0.3) is 33.9 Å². The van der Waals surface area contributed by atoms with E-state index >= 15 is 0 Å². The third-order valence-electron chi connectivity index (χ3n) is 8.11. The predicted octanol–water partition coefficient (Wildman–Crippen LogP) is 6.72. The Labute approximate surface area is 247 Å². The molecule has 1 N–H and O–H groups in total. The van der Waals surface area contributed by atoms with E-state index in [0.29, 0.717) is 6.04 Å². The maximum atomic E-state index is 9.06. The Kier molecular flexibility index (Phi) is 8.07. The summed E-state index contributed by atoms with van der Waals surface area (Å²) in [5.74, 6) is 1.92. The van der Waals surface area contributed by atoms with E-state index in [1.165, 1.54) is 16.7 Å². The minimum atomic E-state index is 0.199. The van der Waals surface area contributed by atoms with Crippen LogP contribution in [-0.4, -0.2) is 43.6 Å². The molecular formula is C35H35N7. The first-order valence-electron chi connectivity index (χ1n) is 14.6. The van der Waals surface area contributed by atoms with E-state index in [1.807, 2.05) is 12.1 Å². The Morgan fingerprint density at radius 2 is 1.62 bits per heavy atom. The summed E-state index contributed by atoms with van der Waals surface area (Å²) in [4.78, 5) is 16.0. The first kappa shape index (κ1) is 27.4. The SMILES string of the molecule is CCc1ccccc1-c1nc(-c2ccc(CN3CCC(Nc4ccnc(C#N)n4)CC3)cc2)c(-c2ccccc2)n1C. The van der Waals surface area contributed by atoms with Crippen LogP contribution in [0.3, 0.4) is 0 Å². The number of aromatic nitrogens is 4. The summed E-state index contributed by atoms with van der Waals surface area (Å²) in [5, 5.41) is 12.5. The van der Waals surface area contributed by atoms with Crippen LogP contribution in [0.4, 0.5) is 5.82 Å². The van der Waals surface area contributed by atoms with E-state index in [0.717, 1.165) is 73.1 Å². The third kappa shape index (κ3) is 5.81. The largest absolute Gasteiger partial charge is 0.367 e. The van der Waals surface area contributed by atoms with Gasteiger partial charge in [0.1, 0.15) is 17.7 Å². The molecule has 0 bridgehead atoms. The minimum absolute atomic E-state index is 0.199. The molecule has 7 nitrogen and oxygen atoms in total. The highest BCUT2D eigenvalue weighted by Gasteiger charge is 2.22. The highest BCUT2D eigenvalue weighted by Crippen LogP contribution is 2.36. The maximum absolute atomic E-state index is 9.06. The van der Waals surface area contributed by atoms with Gasteiger partial charge in [-0.1, -0.05) is 85.8 Å².